The van der Waals surface area contributed by atoms with Crippen molar-refractivity contribution in [1.82, 2.24) is 9.66 Å². The van der Waals surface area contributed by atoms with E-state index in [1.54, 1.807) is 11.3 Å². The topological polar surface area (TPSA) is 56.5 Å². The van der Waals surface area contributed by atoms with Gasteiger partial charge in [0, 0.05) is 11.3 Å². The molecule has 2 heterocycles. The summed E-state index contributed by atoms with van der Waals surface area (Å²) in [5.74, 6) is 0.746. The Balaban J connectivity index is 2.09. The number of rotatable bonds is 7. The van der Waals surface area contributed by atoms with E-state index in [-0.39, 0.29) is 5.56 Å². The second kappa shape index (κ2) is 7.92. The molecule has 1 aliphatic rings. The Kier molecular flexibility index (Phi) is 5.66. The third-order valence-corrected chi connectivity index (χ3v) is 5.63. The zero-order chi connectivity index (χ0) is 16.9. The molecule has 5 nitrogen and oxygen atoms in total. The minimum absolute atomic E-state index is 0.0400. The molecule has 0 N–H and O–H groups in total. The van der Waals surface area contributed by atoms with Gasteiger partial charge in [0.05, 0.1) is 12.0 Å². The van der Waals surface area contributed by atoms with E-state index in [0.29, 0.717) is 6.61 Å². The van der Waals surface area contributed by atoms with E-state index in [1.807, 2.05) is 6.92 Å². The third-order valence-electron chi connectivity index (χ3n) is 4.44. The normalized spacial score (nSPS) is 14.4. The highest BCUT2D eigenvalue weighted by molar-refractivity contribution is 7.18. The monoisotopic (exact) mass is 347 g/mol. The maximum atomic E-state index is 13.1. The van der Waals surface area contributed by atoms with Crippen LogP contribution >= 0.6 is 11.3 Å². The van der Waals surface area contributed by atoms with Crippen LogP contribution in [0, 0.1) is 0 Å². The first-order valence-corrected chi connectivity index (χ1v) is 9.78. The molecular formula is C18H25N3O2S. The average Bonchev–Trinajstić information content (AvgIpc) is 2.96. The number of ether oxygens (including phenoxy) is 1. The molecule has 0 aromatic carbocycles. The van der Waals surface area contributed by atoms with Crippen molar-refractivity contribution in [3.8, 4) is 0 Å². The molecular weight excluding hydrogens is 322 g/mol. The molecule has 2 aromatic rings. The van der Waals surface area contributed by atoms with Gasteiger partial charge in [0.25, 0.3) is 5.56 Å². The fourth-order valence-corrected chi connectivity index (χ4v) is 4.48. The average molecular weight is 347 g/mol. The molecule has 0 atom stereocenters. The van der Waals surface area contributed by atoms with E-state index in [2.05, 4.69) is 12.0 Å². The summed E-state index contributed by atoms with van der Waals surface area (Å²) in [5, 5.41) is 5.03. The van der Waals surface area contributed by atoms with Gasteiger partial charge in [-0.25, -0.2) is 4.98 Å². The Labute approximate surface area is 146 Å². The first-order valence-electron chi connectivity index (χ1n) is 8.96. The number of hydrogen-bond acceptors (Lipinski definition) is 5. The molecule has 1 aliphatic carbocycles. The molecule has 0 bridgehead atoms. The molecule has 130 valence electrons. The number of thiophene rings is 1. The zero-order valence-electron chi connectivity index (χ0n) is 14.5. The van der Waals surface area contributed by atoms with E-state index >= 15 is 0 Å². The molecule has 0 radical (unpaired) electrons. The van der Waals surface area contributed by atoms with E-state index in [0.717, 1.165) is 61.0 Å². The summed E-state index contributed by atoms with van der Waals surface area (Å²) in [7, 11) is 0. The molecule has 0 saturated carbocycles. The van der Waals surface area contributed by atoms with Gasteiger partial charge in [-0.05, 0) is 44.6 Å². The van der Waals surface area contributed by atoms with Crippen LogP contribution in [0.5, 0.6) is 0 Å². The summed E-state index contributed by atoms with van der Waals surface area (Å²) >= 11 is 1.70. The van der Waals surface area contributed by atoms with Crippen molar-refractivity contribution in [1.29, 1.82) is 0 Å². The van der Waals surface area contributed by atoms with Crippen LogP contribution in [0.25, 0.3) is 10.2 Å². The van der Waals surface area contributed by atoms with Crippen LogP contribution in [-0.2, 0) is 24.0 Å². The smallest absolute Gasteiger partial charge is 0.283 e. The van der Waals surface area contributed by atoms with Gasteiger partial charge >= 0.3 is 0 Å². The van der Waals surface area contributed by atoms with Crippen LogP contribution in [0.3, 0.4) is 0 Å². The van der Waals surface area contributed by atoms with Crippen molar-refractivity contribution in [2.45, 2.75) is 65.2 Å². The maximum Gasteiger partial charge on any atom is 0.283 e. The standard InChI is InChI=1S/C18H25N3O2S/c1-3-5-6-11-15-20-17-16(13-9-7-8-10-14(13)24-17)18(22)21(15)19-12-23-4-2/h12H,3-11H2,1-2H3/b19-12-. The Hall–Kier alpha value is -1.69. The molecule has 3 rings (SSSR count). The summed E-state index contributed by atoms with van der Waals surface area (Å²) in [6.07, 6.45) is 9.83. The summed E-state index contributed by atoms with van der Waals surface area (Å²) in [6, 6.07) is 0. The third kappa shape index (κ3) is 3.38. The predicted octanol–water partition coefficient (Wildman–Crippen LogP) is 3.90. The van der Waals surface area contributed by atoms with Gasteiger partial charge < -0.3 is 4.74 Å². The van der Waals surface area contributed by atoms with Gasteiger partial charge in [0.2, 0.25) is 0 Å². The van der Waals surface area contributed by atoms with Crippen molar-refractivity contribution in [2.75, 3.05) is 6.61 Å². The molecule has 0 fully saturated rings. The predicted molar refractivity (Wildman–Crippen MR) is 99.3 cm³/mol. The first-order chi connectivity index (χ1) is 11.8. The van der Waals surface area contributed by atoms with Gasteiger partial charge in [-0.3, -0.25) is 4.79 Å². The van der Waals surface area contributed by atoms with E-state index < -0.39 is 0 Å². The summed E-state index contributed by atoms with van der Waals surface area (Å²) < 4.78 is 6.66. The lowest BCUT2D eigenvalue weighted by Crippen LogP contribution is -2.23. The molecule has 0 spiro atoms. The number of aryl methyl sites for hydroxylation is 3. The second-order valence-corrected chi connectivity index (χ2v) is 7.25. The summed E-state index contributed by atoms with van der Waals surface area (Å²) in [5.41, 5.74) is 1.17. The molecule has 0 unspecified atom stereocenters. The minimum atomic E-state index is -0.0400. The lowest BCUT2D eigenvalue weighted by molar-refractivity contribution is 0.340. The number of aromatic nitrogens is 2. The first kappa shape index (κ1) is 17.1. The summed E-state index contributed by atoms with van der Waals surface area (Å²) in [6.45, 7) is 4.60. The van der Waals surface area contributed by atoms with Gasteiger partial charge in [-0.2, -0.15) is 4.68 Å². The lowest BCUT2D eigenvalue weighted by atomic mass is 9.97. The minimum Gasteiger partial charge on any atom is -0.482 e. The summed E-state index contributed by atoms with van der Waals surface area (Å²) in [4.78, 5) is 20.1. The molecule has 24 heavy (non-hydrogen) atoms. The Morgan fingerprint density at radius 1 is 1.29 bits per heavy atom. The molecule has 0 aliphatic heterocycles. The molecule has 2 aromatic heterocycles. The van der Waals surface area contributed by atoms with Crippen LogP contribution in [0.4, 0.5) is 0 Å². The van der Waals surface area contributed by atoms with E-state index in [4.69, 9.17) is 9.72 Å². The number of fused-ring (bicyclic) bond motifs is 3. The Morgan fingerprint density at radius 3 is 2.92 bits per heavy atom. The molecule has 0 saturated heterocycles. The molecule has 0 amide bonds. The van der Waals surface area contributed by atoms with Crippen molar-refractivity contribution >= 4 is 28.0 Å². The number of hydrogen-bond donors (Lipinski definition) is 0. The van der Waals surface area contributed by atoms with Crippen molar-refractivity contribution < 1.29 is 4.74 Å². The van der Waals surface area contributed by atoms with Gasteiger partial charge in [-0.1, -0.05) is 19.8 Å². The van der Waals surface area contributed by atoms with Crippen molar-refractivity contribution in [2.24, 2.45) is 5.10 Å². The quantitative estimate of drug-likeness (QED) is 0.434. The highest BCUT2D eigenvalue weighted by atomic mass is 32.1. The highest BCUT2D eigenvalue weighted by Crippen LogP contribution is 2.33. The Morgan fingerprint density at radius 2 is 2.12 bits per heavy atom. The van der Waals surface area contributed by atoms with Gasteiger partial charge in [-0.15, -0.1) is 16.4 Å². The van der Waals surface area contributed by atoms with E-state index in [9.17, 15) is 4.79 Å². The highest BCUT2D eigenvalue weighted by Gasteiger charge is 2.21. The second-order valence-electron chi connectivity index (χ2n) is 6.17. The maximum absolute atomic E-state index is 13.1. The fraction of sp³-hybridized carbons (Fsp3) is 0.611. The number of unbranched alkanes of at least 4 members (excludes halogenated alkanes) is 2. The zero-order valence-corrected chi connectivity index (χ0v) is 15.3. The fourth-order valence-electron chi connectivity index (χ4n) is 3.21. The van der Waals surface area contributed by atoms with Gasteiger partial charge in [0.15, 0.2) is 6.40 Å². The van der Waals surface area contributed by atoms with Crippen molar-refractivity contribution in [3.63, 3.8) is 0 Å². The van der Waals surface area contributed by atoms with Crippen LogP contribution < -0.4 is 5.56 Å². The number of nitrogens with zero attached hydrogens (tertiary/aromatic N) is 3. The van der Waals surface area contributed by atoms with Gasteiger partial charge in [0.1, 0.15) is 10.7 Å². The van der Waals surface area contributed by atoms with Crippen molar-refractivity contribution in [3.05, 3.63) is 26.6 Å². The van der Waals surface area contributed by atoms with E-state index in [1.165, 1.54) is 27.9 Å². The SMILES string of the molecule is CCCCCc1nc2sc3c(c2c(=O)n1/N=C\OCC)CCCC3. The largest absolute Gasteiger partial charge is 0.482 e. The van der Waals surface area contributed by atoms with Crippen LogP contribution in [0.1, 0.15) is 62.2 Å². The van der Waals surface area contributed by atoms with Crippen LogP contribution in [-0.4, -0.2) is 22.7 Å². The van der Waals surface area contributed by atoms with Crippen LogP contribution in [0.2, 0.25) is 0 Å². The molecule has 6 heteroatoms. The van der Waals surface area contributed by atoms with Crippen LogP contribution in [0.15, 0.2) is 9.90 Å². The lowest BCUT2D eigenvalue weighted by Gasteiger charge is -2.11. The Bertz CT molecular complexity index is 792.